The van der Waals surface area contributed by atoms with E-state index in [-0.39, 0.29) is 11.6 Å². The Hall–Kier alpha value is -10.0. The second kappa shape index (κ2) is 22.0. The fourth-order valence-corrected chi connectivity index (χ4v) is 10.7. The Balaban J connectivity index is 1.02. The largest absolute Gasteiger partial charge is 0.289 e. The molecule has 0 radical (unpaired) electrons. The highest BCUT2D eigenvalue weighted by Crippen LogP contribution is 2.53. The number of hydrogen-bond donors (Lipinski definition) is 0. The van der Waals surface area contributed by atoms with Gasteiger partial charge in [-0.2, -0.15) is 0 Å². The number of benzene rings is 6. The van der Waals surface area contributed by atoms with Gasteiger partial charge in [0.25, 0.3) is 0 Å². The number of allylic oxidation sites excluding steroid dienone is 25. The number of carbonyl (C=O) groups is 2. The molecule has 6 aromatic carbocycles. The van der Waals surface area contributed by atoms with Gasteiger partial charge in [0.05, 0.1) is 0 Å². The van der Waals surface area contributed by atoms with Crippen molar-refractivity contribution in [3.63, 3.8) is 0 Å². The summed E-state index contributed by atoms with van der Waals surface area (Å²) >= 11 is 0. The van der Waals surface area contributed by atoms with Crippen LogP contribution in [-0.4, -0.2) is 11.6 Å². The fourth-order valence-electron chi connectivity index (χ4n) is 10.7. The van der Waals surface area contributed by atoms with Crippen molar-refractivity contribution in [3.8, 4) is 23.7 Å². The number of hydrogen-bond acceptors (Lipinski definition) is 2. The van der Waals surface area contributed by atoms with E-state index in [2.05, 4.69) is 159 Å². The predicted octanol–water partition coefficient (Wildman–Crippen LogP) is 16.7. The number of Topliss-reactive ketones (excluding diaryl/α,β-unsaturated/α-hetero) is 2. The molecule has 0 unspecified atom stereocenters. The molecule has 0 heterocycles. The minimum atomic E-state index is -0.815. The molecule has 0 N–H and O–H groups in total. The summed E-state index contributed by atoms with van der Waals surface area (Å²) in [6.45, 7) is 8.79. The SMILES string of the molecule is C=C(C(=O)/C(=C(\c1ccc(C#Cc2ccccc2)cc1)C1(C)C=CC2=C(C=CC(C)(C3=C(C4=CC=C=C=C4)C(=O)C(C4=CCCC=C4)=C3c3ccc(C#Cc4ccccc4)cc3)C=C2)C=C1)c1ccccc1)c1ccccc1. The van der Waals surface area contributed by atoms with Crippen molar-refractivity contribution in [3.05, 3.63) is 356 Å². The topological polar surface area (TPSA) is 34.1 Å². The lowest BCUT2D eigenvalue weighted by Crippen LogP contribution is -2.18. The van der Waals surface area contributed by atoms with E-state index in [0.717, 1.165) is 96.4 Å². The van der Waals surface area contributed by atoms with E-state index in [1.54, 1.807) is 0 Å². The van der Waals surface area contributed by atoms with Gasteiger partial charge in [0.15, 0.2) is 11.6 Å². The van der Waals surface area contributed by atoms with Crippen molar-refractivity contribution in [2.75, 3.05) is 0 Å². The molecular weight excluding hydrogens is 945 g/mol. The summed E-state index contributed by atoms with van der Waals surface area (Å²) in [6.07, 6.45) is 31.5. The van der Waals surface area contributed by atoms with Gasteiger partial charge in [0.2, 0.25) is 0 Å². The first-order valence-corrected chi connectivity index (χ1v) is 26.4. The maximum Gasteiger partial charge on any atom is 0.195 e. The van der Waals surface area contributed by atoms with Crippen LogP contribution in [0.5, 0.6) is 0 Å². The van der Waals surface area contributed by atoms with Gasteiger partial charge >= 0.3 is 0 Å². The average Bonchev–Trinajstić information content (AvgIpc) is 3.82. The standard InChI is InChI=1S/C76H54O2/c1-54(59-26-14-6-15-27-59)73(77)69(63-30-18-8-19-31-63)71(66-44-40-58(41-45-66)37-35-56-24-12-5-13-25-56)75(2)50-46-60-48-52-76(3,53-49-61(60)47-51-75)72-67(65-42-38-57(39-43-65)36-34-55-22-10-4-11-23-55)68(62-28-16-7-17-29-62)74(78)70(72)64-32-20-9-21-33-64/h4-6,8,10-16,18-20,22-33,38-53H,1,7,17H2,2-3H3/b71-69+. The van der Waals surface area contributed by atoms with E-state index in [1.807, 2.05) is 152 Å². The molecule has 0 fully saturated rings. The first-order chi connectivity index (χ1) is 38.2. The van der Waals surface area contributed by atoms with Crippen molar-refractivity contribution >= 4 is 33.9 Å². The highest BCUT2D eigenvalue weighted by molar-refractivity contribution is 6.45. The summed E-state index contributed by atoms with van der Waals surface area (Å²) < 4.78 is 0. The Morgan fingerprint density at radius 2 is 1.03 bits per heavy atom. The molecule has 0 saturated carbocycles. The molecule has 78 heavy (non-hydrogen) atoms. The van der Waals surface area contributed by atoms with Gasteiger partial charge in [-0.25, -0.2) is 0 Å². The van der Waals surface area contributed by atoms with Crippen molar-refractivity contribution in [1.82, 2.24) is 0 Å². The second-order valence-electron chi connectivity index (χ2n) is 20.2. The van der Waals surface area contributed by atoms with Gasteiger partial charge in [-0.05, 0) is 155 Å². The fraction of sp³-hybridized carbons (Fsp3) is 0.0789. The quantitative estimate of drug-likeness (QED) is 0.0593. The van der Waals surface area contributed by atoms with E-state index in [1.165, 1.54) is 0 Å². The zero-order valence-electron chi connectivity index (χ0n) is 43.7. The molecule has 2 nitrogen and oxygen atoms in total. The van der Waals surface area contributed by atoms with Crippen LogP contribution in [-0.2, 0) is 9.59 Å². The average molecular weight is 999 g/mol. The molecule has 2 heteroatoms. The monoisotopic (exact) mass is 998 g/mol. The predicted molar refractivity (Wildman–Crippen MR) is 321 cm³/mol. The van der Waals surface area contributed by atoms with Gasteiger partial charge in [0, 0.05) is 55.4 Å². The summed E-state index contributed by atoms with van der Waals surface area (Å²) in [5.41, 5.74) is 20.3. The molecule has 5 aliphatic carbocycles. The lowest BCUT2D eigenvalue weighted by Gasteiger charge is -2.30. The van der Waals surface area contributed by atoms with E-state index in [4.69, 9.17) is 0 Å². The van der Waals surface area contributed by atoms with Crippen LogP contribution in [0.4, 0.5) is 0 Å². The van der Waals surface area contributed by atoms with E-state index in [9.17, 15) is 0 Å². The molecule has 0 aliphatic heterocycles. The number of rotatable bonds is 10. The maximum atomic E-state index is 15.4. The first kappa shape index (κ1) is 50.1. The van der Waals surface area contributed by atoms with Crippen molar-refractivity contribution < 1.29 is 9.59 Å². The zero-order chi connectivity index (χ0) is 53.5. The Morgan fingerprint density at radius 3 is 1.55 bits per heavy atom. The number of carbonyl (C=O) groups excluding carboxylic acids is 2. The van der Waals surface area contributed by atoms with Crippen LogP contribution in [0.1, 0.15) is 71.2 Å². The van der Waals surface area contributed by atoms with Crippen LogP contribution in [0.2, 0.25) is 0 Å². The summed E-state index contributed by atoms with van der Waals surface area (Å²) in [6, 6.07) is 56.1. The molecule has 370 valence electrons. The summed E-state index contributed by atoms with van der Waals surface area (Å²) in [5.74, 6) is 13.1. The van der Waals surface area contributed by atoms with Crippen LogP contribution < -0.4 is 0 Å². The molecule has 0 aromatic heterocycles. The Morgan fingerprint density at radius 1 is 0.513 bits per heavy atom. The van der Waals surface area contributed by atoms with E-state index < -0.39 is 10.8 Å². The van der Waals surface area contributed by atoms with E-state index >= 15 is 9.59 Å². The third-order valence-electron chi connectivity index (χ3n) is 14.8. The third kappa shape index (κ3) is 10.4. The smallest absolute Gasteiger partial charge is 0.195 e. The van der Waals surface area contributed by atoms with Gasteiger partial charge < -0.3 is 0 Å². The molecule has 5 aliphatic rings. The van der Waals surface area contributed by atoms with Gasteiger partial charge in [0.1, 0.15) is 0 Å². The van der Waals surface area contributed by atoms with Crippen LogP contribution in [0, 0.1) is 34.5 Å². The highest BCUT2D eigenvalue weighted by atomic mass is 16.1. The first-order valence-electron chi connectivity index (χ1n) is 26.4. The molecule has 6 aromatic rings. The molecule has 0 amide bonds. The highest BCUT2D eigenvalue weighted by Gasteiger charge is 2.43. The second-order valence-corrected chi connectivity index (χ2v) is 20.2. The third-order valence-corrected chi connectivity index (χ3v) is 14.8. The minimum Gasteiger partial charge on any atom is -0.289 e. The van der Waals surface area contributed by atoms with Crippen molar-refractivity contribution in [2.45, 2.75) is 26.7 Å². The Labute approximate surface area is 458 Å². The molecular formula is C76H54O2. The normalized spacial score (nSPS) is 16.8. The Kier molecular flexibility index (Phi) is 14.2. The molecule has 0 bridgehead atoms. The number of ketones is 2. The van der Waals surface area contributed by atoms with Crippen LogP contribution in [0.3, 0.4) is 0 Å². The molecule has 11 rings (SSSR count). The lowest BCUT2D eigenvalue weighted by molar-refractivity contribution is -0.111. The Bertz CT molecular complexity index is 4000. The van der Waals surface area contributed by atoms with Crippen LogP contribution >= 0.6 is 0 Å². The molecule has 0 saturated heterocycles. The maximum absolute atomic E-state index is 15.4. The summed E-state index contributed by atoms with van der Waals surface area (Å²) in [5, 5.41) is 0. The lowest BCUT2D eigenvalue weighted by atomic mass is 9.72. The van der Waals surface area contributed by atoms with Crippen molar-refractivity contribution in [1.29, 1.82) is 0 Å². The van der Waals surface area contributed by atoms with E-state index in [0.29, 0.717) is 22.3 Å². The van der Waals surface area contributed by atoms with Gasteiger partial charge in [-0.15, -0.1) is 0 Å². The van der Waals surface area contributed by atoms with Crippen LogP contribution in [0.15, 0.2) is 312 Å². The zero-order valence-corrected chi connectivity index (χ0v) is 43.7. The van der Waals surface area contributed by atoms with Gasteiger partial charge in [-0.3, -0.25) is 9.59 Å². The minimum absolute atomic E-state index is 0.0167. The van der Waals surface area contributed by atoms with Crippen molar-refractivity contribution in [2.24, 2.45) is 10.8 Å². The summed E-state index contributed by atoms with van der Waals surface area (Å²) in [7, 11) is 0. The van der Waals surface area contributed by atoms with Gasteiger partial charge in [-0.1, -0.05) is 230 Å². The summed E-state index contributed by atoms with van der Waals surface area (Å²) in [4.78, 5) is 30.8. The van der Waals surface area contributed by atoms with Crippen LogP contribution in [0.25, 0.3) is 22.3 Å². The molecule has 0 spiro atoms. The molecule has 0 atom stereocenters.